The van der Waals surface area contributed by atoms with Crippen molar-refractivity contribution in [3.8, 4) is 0 Å². The van der Waals surface area contributed by atoms with Gasteiger partial charge in [0.15, 0.2) is 0 Å². The van der Waals surface area contributed by atoms with Gasteiger partial charge in [0.25, 0.3) is 0 Å². The number of methoxy groups -OCH3 is 1. The summed E-state index contributed by atoms with van der Waals surface area (Å²) in [5.74, 6) is 0. The third-order valence-electron chi connectivity index (χ3n) is 3.53. The number of hydrogen-bond acceptors (Lipinski definition) is 3. The molecule has 3 heteroatoms. The predicted octanol–water partition coefficient (Wildman–Crippen LogP) is 3.35. The van der Waals surface area contributed by atoms with E-state index in [9.17, 15) is 0 Å². The van der Waals surface area contributed by atoms with Gasteiger partial charge < -0.3 is 15.0 Å². The van der Waals surface area contributed by atoms with Crippen LogP contribution in [0.15, 0.2) is 18.2 Å². The van der Waals surface area contributed by atoms with E-state index < -0.39 is 0 Å². The second-order valence-electron chi connectivity index (χ2n) is 5.76. The lowest BCUT2D eigenvalue weighted by Crippen LogP contribution is -2.37. The van der Waals surface area contributed by atoms with E-state index in [1.807, 2.05) is 0 Å². The number of rotatable bonds is 8. The molecule has 0 aromatic heterocycles. The molecule has 114 valence electrons. The number of nitrogens with zero attached hydrogens (tertiary/aromatic N) is 1. The van der Waals surface area contributed by atoms with Gasteiger partial charge in [0.1, 0.15) is 0 Å². The number of anilines is 1. The minimum absolute atomic E-state index is 0.380. The molecule has 3 nitrogen and oxygen atoms in total. The first-order chi connectivity index (χ1) is 9.49. The van der Waals surface area contributed by atoms with Crippen LogP contribution in [0.25, 0.3) is 0 Å². The Kier molecular flexibility index (Phi) is 7.03. The van der Waals surface area contributed by atoms with Crippen molar-refractivity contribution < 1.29 is 4.74 Å². The van der Waals surface area contributed by atoms with E-state index in [4.69, 9.17) is 4.74 Å². The first-order valence-electron chi connectivity index (χ1n) is 7.58. The zero-order valence-electron chi connectivity index (χ0n) is 13.9. The number of aryl methyl sites for hydroxylation is 1. The number of nitrogens with one attached hydrogen (secondary N) is 1. The summed E-state index contributed by atoms with van der Waals surface area (Å²) in [6.07, 6.45) is 0. The van der Waals surface area contributed by atoms with Gasteiger partial charge in [0.05, 0.1) is 6.61 Å². The quantitative estimate of drug-likeness (QED) is 0.789. The van der Waals surface area contributed by atoms with Crippen molar-refractivity contribution in [2.75, 3.05) is 25.2 Å². The molecular formula is C17H30N2O. The van der Waals surface area contributed by atoms with Crippen molar-refractivity contribution in [3.63, 3.8) is 0 Å². The maximum atomic E-state index is 5.31. The average molecular weight is 278 g/mol. The molecule has 0 saturated carbocycles. The predicted molar refractivity (Wildman–Crippen MR) is 87.5 cm³/mol. The van der Waals surface area contributed by atoms with Gasteiger partial charge in [-0.2, -0.15) is 0 Å². The van der Waals surface area contributed by atoms with Gasteiger partial charge >= 0.3 is 0 Å². The molecule has 1 aromatic carbocycles. The van der Waals surface area contributed by atoms with E-state index >= 15 is 0 Å². The van der Waals surface area contributed by atoms with E-state index in [-0.39, 0.29) is 0 Å². The average Bonchev–Trinajstić information content (AvgIpc) is 2.39. The molecule has 1 rings (SSSR count). The van der Waals surface area contributed by atoms with Crippen LogP contribution in [-0.2, 0) is 11.3 Å². The van der Waals surface area contributed by atoms with Crippen LogP contribution in [-0.4, -0.2) is 32.3 Å². The largest absolute Gasteiger partial charge is 0.383 e. The van der Waals surface area contributed by atoms with Gasteiger partial charge in [-0.25, -0.2) is 0 Å². The Balaban J connectivity index is 3.00. The first-order valence-corrected chi connectivity index (χ1v) is 7.58. The summed E-state index contributed by atoms with van der Waals surface area (Å²) in [5, 5.41) is 3.52. The summed E-state index contributed by atoms with van der Waals surface area (Å²) in [7, 11) is 1.76. The van der Waals surface area contributed by atoms with E-state index in [1.165, 1.54) is 16.8 Å². The number of hydrogen-bond donors (Lipinski definition) is 1. The van der Waals surface area contributed by atoms with Crippen LogP contribution in [0.4, 0.5) is 5.69 Å². The minimum Gasteiger partial charge on any atom is -0.383 e. The highest BCUT2D eigenvalue weighted by molar-refractivity contribution is 5.55. The molecule has 0 aliphatic carbocycles. The van der Waals surface area contributed by atoms with E-state index in [0.29, 0.717) is 12.1 Å². The molecule has 0 aliphatic heterocycles. The molecule has 0 bridgehead atoms. The molecule has 0 saturated heterocycles. The number of ether oxygens (including phenoxy) is 1. The van der Waals surface area contributed by atoms with Gasteiger partial charge in [-0.3, -0.25) is 0 Å². The Hall–Kier alpha value is -1.06. The fraction of sp³-hybridized carbons (Fsp3) is 0.647. The molecular weight excluding hydrogens is 248 g/mol. The van der Waals surface area contributed by atoms with E-state index in [1.54, 1.807) is 7.11 Å². The third-order valence-corrected chi connectivity index (χ3v) is 3.53. The SMILES string of the molecule is CCN(c1ccc(C)cc1CNC(C)C)C(C)COC. The van der Waals surface area contributed by atoms with E-state index in [0.717, 1.165) is 19.7 Å². The number of benzene rings is 1. The zero-order chi connectivity index (χ0) is 15.1. The molecule has 0 spiro atoms. The lowest BCUT2D eigenvalue weighted by molar-refractivity contribution is 0.182. The summed E-state index contributed by atoms with van der Waals surface area (Å²) in [5.41, 5.74) is 3.99. The second-order valence-corrected chi connectivity index (χ2v) is 5.76. The summed E-state index contributed by atoms with van der Waals surface area (Å²) in [4.78, 5) is 2.42. The van der Waals surface area contributed by atoms with Crippen molar-refractivity contribution in [2.45, 2.75) is 53.2 Å². The molecule has 1 N–H and O–H groups in total. The van der Waals surface area contributed by atoms with Gasteiger partial charge in [0.2, 0.25) is 0 Å². The highest BCUT2D eigenvalue weighted by Crippen LogP contribution is 2.24. The van der Waals surface area contributed by atoms with Crippen molar-refractivity contribution in [2.24, 2.45) is 0 Å². The fourth-order valence-corrected chi connectivity index (χ4v) is 2.50. The van der Waals surface area contributed by atoms with Gasteiger partial charge in [-0.1, -0.05) is 31.5 Å². The number of likely N-dealkylation sites (N-methyl/N-ethyl adjacent to an activating group) is 1. The zero-order valence-corrected chi connectivity index (χ0v) is 13.9. The Morgan fingerprint density at radius 1 is 1.25 bits per heavy atom. The van der Waals surface area contributed by atoms with Gasteiger partial charge in [0, 0.05) is 38.0 Å². The summed E-state index contributed by atoms with van der Waals surface area (Å²) in [6, 6.07) is 7.59. The topological polar surface area (TPSA) is 24.5 Å². The molecule has 0 heterocycles. The molecule has 1 unspecified atom stereocenters. The fourth-order valence-electron chi connectivity index (χ4n) is 2.50. The molecule has 1 aromatic rings. The Bertz CT molecular complexity index is 404. The summed E-state index contributed by atoms with van der Waals surface area (Å²) in [6.45, 7) is 13.6. The lowest BCUT2D eigenvalue weighted by Gasteiger charge is -2.32. The van der Waals surface area contributed by atoms with Crippen LogP contribution < -0.4 is 10.2 Å². The molecule has 0 radical (unpaired) electrons. The van der Waals surface area contributed by atoms with Crippen LogP contribution in [0.5, 0.6) is 0 Å². The van der Waals surface area contributed by atoms with Crippen LogP contribution in [0.3, 0.4) is 0 Å². The molecule has 0 aliphatic rings. The maximum absolute atomic E-state index is 5.31. The van der Waals surface area contributed by atoms with Gasteiger partial charge in [-0.05, 0) is 32.4 Å². The highest BCUT2D eigenvalue weighted by atomic mass is 16.5. The maximum Gasteiger partial charge on any atom is 0.0663 e. The Morgan fingerprint density at radius 2 is 1.95 bits per heavy atom. The lowest BCUT2D eigenvalue weighted by atomic mass is 10.1. The van der Waals surface area contributed by atoms with Gasteiger partial charge in [-0.15, -0.1) is 0 Å². The molecule has 1 atom stereocenters. The van der Waals surface area contributed by atoms with Crippen LogP contribution >= 0.6 is 0 Å². The standard InChI is InChI=1S/C17H30N2O/c1-7-19(15(5)12-20-6)17-9-8-14(4)10-16(17)11-18-13(2)3/h8-10,13,15,18H,7,11-12H2,1-6H3. The van der Waals surface area contributed by atoms with Crippen LogP contribution in [0.2, 0.25) is 0 Å². The Morgan fingerprint density at radius 3 is 2.50 bits per heavy atom. The molecule has 0 amide bonds. The van der Waals surface area contributed by atoms with Crippen LogP contribution in [0, 0.1) is 6.92 Å². The van der Waals surface area contributed by atoms with Crippen molar-refractivity contribution in [1.29, 1.82) is 0 Å². The summed E-state index contributed by atoms with van der Waals surface area (Å²) >= 11 is 0. The van der Waals surface area contributed by atoms with Crippen molar-refractivity contribution in [3.05, 3.63) is 29.3 Å². The van der Waals surface area contributed by atoms with Crippen molar-refractivity contribution >= 4 is 5.69 Å². The third kappa shape index (κ3) is 4.80. The smallest absolute Gasteiger partial charge is 0.0663 e. The Labute approximate surface area is 124 Å². The minimum atomic E-state index is 0.380. The first kappa shape index (κ1) is 17.0. The normalized spacial score (nSPS) is 12.8. The molecule has 0 fully saturated rings. The second kappa shape index (κ2) is 8.28. The van der Waals surface area contributed by atoms with E-state index in [2.05, 4.69) is 63.0 Å². The highest BCUT2D eigenvalue weighted by Gasteiger charge is 2.16. The van der Waals surface area contributed by atoms with Crippen LogP contribution in [0.1, 0.15) is 38.8 Å². The summed E-state index contributed by atoms with van der Waals surface area (Å²) < 4.78 is 5.31. The monoisotopic (exact) mass is 278 g/mol. The molecule has 20 heavy (non-hydrogen) atoms. The van der Waals surface area contributed by atoms with Crippen molar-refractivity contribution in [1.82, 2.24) is 5.32 Å².